The Kier molecular flexibility index (Phi) is 4.07. The van der Waals surface area contributed by atoms with Gasteiger partial charge in [-0.3, -0.25) is 9.89 Å². The Morgan fingerprint density at radius 1 is 1.21 bits per heavy atom. The van der Waals surface area contributed by atoms with Crippen LogP contribution in [-0.4, -0.2) is 36.2 Å². The smallest absolute Gasteiger partial charge is 0.307 e. The van der Waals surface area contributed by atoms with Gasteiger partial charge in [0, 0.05) is 11.9 Å². The molecule has 3 aliphatic carbocycles. The summed E-state index contributed by atoms with van der Waals surface area (Å²) in [6.45, 7) is 0. The van der Waals surface area contributed by atoms with E-state index in [4.69, 9.17) is 0 Å². The molecular weight excluding hydrogens is 361 g/mol. The maximum absolute atomic E-state index is 13.6. The van der Waals surface area contributed by atoms with Crippen molar-refractivity contribution in [3.8, 4) is 11.5 Å². The van der Waals surface area contributed by atoms with Crippen LogP contribution in [0.1, 0.15) is 31.4 Å². The van der Waals surface area contributed by atoms with Gasteiger partial charge in [-0.25, -0.2) is 19.3 Å². The molecule has 0 unspecified atom stereocenters. The summed E-state index contributed by atoms with van der Waals surface area (Å²) in [6.07, 6.45) is 7.65. The molecule has 3 aliphatic rings. The molecule has 3 aromatic heterocycles. The molecule has 0 spiro atoms. The molecule has 3 fully saturated rings. The minimum atomic E-state index is -0.685. The number of halogens is 1. The van der Waals surface area contributed by atoms with Gasteiger partial charge in [0.05, 0.1) is 17.5 Å². The highest BCUT2D eigenvalue weighted by molar-refractivity contribution is 5.88. The molecule has 2 bridgehead atoms. The molecule has 3 saturated carbocycles. The van der Waals surface area contributed by atoms with Crippen molar-refractivity contribution in [3.05, 3.63) is 36.0 Å². The fourth-order valence-electron chi connectivity index (χ4n) is 5.17. The molecule has 7 nitrogen and oxygen atoms in total. The van der Waals surface area contributed by atoms with E-state index in [1.807, 2.05) is 6.07 Å². The van der Waals surface area contributed by atoms with Crippen LogP contribution < -0.4 is 0 Å². The second kappa shape index (κ2) is 6.61. The number of aliphatic carboxylic acids is 1. The summed E-state index contributed by atoms with van der Waals surface area (Å²) < 4.78 is 13.6. The van der Waals surface area contributed by atoms with Crippen LogP contribution in [0.15, 0.2) is 24.5 Å². The molecule has 0 aromatic carbocycles. The zero-order valence-electron chi connectivity index (χ0n) is 15.2. The summed E-state index contributed by atoms with van der Waals surface area (Å²) in [5, 5.41) is 17.2. The van der Waals surface area contributed by atoms with Crippen molar-refractivity contribution in [2.75, 3.05) is 0 Å². The Bertz CT molecular complexity index is 1040. The lowest BCUT2D eigenvalue weighted by Crippen LogP contribution is -2.45. The molecule has 28 heavy (non-hydrogen) atoms. The first-order valence-corrected chi connectivity index (χ1v) is 9.65. The average molecular weight is 381 g/mol. The second-order valence-electron chi connectivity index (χ2n) is 7.90. The fourth-order valence-corrected chi connectivity index (χ4v) is 5.17. The summed E-state index contributed by atoms with van der Waals surface area (Å²) in [4.78, 5) is 24.8. The number of nitrogens with one attached hydrogen (secondary N) is 1. The van der Waals surface area contributed by atoms with Crippen LogP contribution in [0.3, 0.4) is 0 Å². The predicted octanol–water partition coefficient (Wildman–Crippen LogP) is 3.23. The number of carboxylic acid groups (broad SMARTS) is 1. The highest BCUT2D eigenvalue weighted by atomic mass is 19.1. The van der Waals surface area contributed by atoms with E-state index in [2.05, 4.69) is 25.1 Å². The Labute approximate surface area is 160 Å². The van der Waals surface area contributed by atoms with E-state index in [0.29, 0.717) is 34.9 Å². The minimum Gasteiger partial charge on any atom is -0.481 e. The molecule has 3 aromatic rings. The number of H-pyrrole nitrogens is 1. The van der Waals surface area contributed by atoms with E-state index in [0.717, 1.165) is 37.6 Å². The first kappa shape index (κ1) is 17.2. The van der Waals surface area contributed by atoms with Gasteiger partial charge in [-0.1, -0.05) is 0 Å². The van der Waals surface area contributed by atoms with Gasteiger partial charge in [-0.05, 0) is 62.0 Å². The molecule has 8 heteroatoms. The normalized spacial score (nSPS) is 26.6. The molecule has 144 valence electrons. The summed E-state index contributed by atoms with van der Waals surface area (Å²) in [6, 6.07) is 3.19. The molecule has 0 radical (unpaired) electrons. The molecule has 0 aliphatic heterocycles. The number of carbonyl (C=O) groups is 1. The van der Waals surface area contributed by atoms with E-state index in [1.54, 1.807) is 6.20 Å². The third-order valence-corrected chi connectivity index (χ3v) is 6.43. The van der Waals surface area contributed by atoms with E-state index in [9.17, 15) is 14.3 Å². The molecule has 2 N–H and O–H groups in total. The third kappa shape index (κ3) is 2.83. The quantitative estimate of drug-likeness (QED) is 0.719. The first-order valence-electron chi connectivity index (χ1n) is 9.65. The van der Waals surface area contributed by atoms with Crippen LogP contribution >= 0.6 is 0 Å². The van der Waals surface area contributed by atoms with Crippen molar-refractivity contribution < 1.29 is 14.3 Å². The Balaban J connectivity index is 1.47. The number of hydrogen-bond donors (Lipinski definition) is 2. The number of fused-ring (bicyclic) bond motifs is 4. The van der Waals surface area contributed by atoms with Gasteiger partial charge >= 0.3 is 5.97 Å². The molecule has 3 heterocycles. The monoisotopic (exact) mass is 381 g/mol. The molecular formula is C20H20FN5O2. The maximum Gasteiger partial charge on any atom is 0.307 e. The highest BCUT2D eigenvalue weighted by Gasteiger charge is 2.47. The Morgan fingerprint density at radius 2 is 2.00 bits per heavy atom. The summed E-state index contributed by atoms with van der Waals surface area (Å²) >= 11 is 0. The van der Waals surface area contributed by atoms with E-state index in [1.165, 1.54) is 6.07 Å². The van der Waals surface area contributed by atoms with Gasteiger partial charge in [0.15, 0.2) is 11.5 Å². The van der Waals surface area contributed by atoms with Crippen LogP contribution in [-0.2, 0) is 11.2 Å². The molecule has 2 atom stereocenters. The lowest BCUT2D eigenvalue weighted by Gasteiger charge is -2.46. The van der Waals surface area contributed by atoms with Crippen LogP contribution in [0.5, 0.6) is 0 Å². The van der Waals surface area contributed by atoms with Crippen LogP contribution in [0.4, 0.5) is 4.39 Å². The standard InChI is InChI=1S/C20H20FN5O2/c21-12-7-15-17(25-26-18(15)23-9-12)19-22-6-5-13(24-19)8-14-10-1-3-11(4-2-10)16(14)20(27)28/h5-7,9-11,14,16H,1-4,8H2,(H,27,28)(H,23,25,26)/t10?,11?,14-,16-/m0/s1. The van der Waals surface area contributed by atoms with Gasteiger partial charge < -0.3 is 5.11 Å². The van der Waals surface area contributed by atoms with Crippen LogP contribution in [0.2, 0.25) is 0 Å². The first-order chi connectivity index (χ1) is 13.6. The van der Waals surface area contributed by atoms with Crippen molar-refractivity contribution >= 4 is 17.0 Å². The Morgan fingerprint density at radius 3 is 2.79 bits per heavy atom. The predicted molar refractivity (Wildman–Crippen MR) is 98.6 cm³/mol. The van der Waals surface area contributed by atoms with Gasteiger partial charge in [0.25, 0.3) is 0 Å². The SMILES string of the molecule is O=C(O)[C@H]1C2CCC(CC2)[C@@H]1Cc1ccnc(-c2[nH]nc3ncc(F)cc23)n1. The van der Waals surface area contributed by atoms with Crippen LogP contribution in [0.25, 0.3) is 22.6 Å². The summed E-state index contributed by atoms with van der Waals surface area (Å²) in [5.74, 6) is -0.193. The van der Waals surface area contributed by atoms with Crippen molar-refractivity contribution in [3.63, 3.8) is 0 Å². The molecule has 0 saturated heterocycles. The molecule has 0 amide bonds. The summed E-state index contributed by atoms with van der Waals surface area (Å²) in [5.41, 5.74) is 1.73. The summed E-state index contributed by atoms with van der Waals surface area (Å²) in [7, 11) is 0. The number of hydrogen-bond acceptors (Lipinski definition) is 5. The van der Waals surface area contributed by atoms with Crippen LogP contribution in [0, 0.1) is 29.5 Å². The third-order valence-electron chi connectivity index (χ3n) is 6.43. The van der Waals surface area contributed by atoms with Gasteiger partial charge in [-0.2, -0.15) is 5.10 Å². The molecule has 6 rings (SSSR count). The zero-order valence-corrected chi connectivity index (χ0v) is 15.2. The number of nitrogens with zero attached hydrogens (tertiary/aromatic N) is 4. The fraction of sp³-hybridized carbons (Fsp3) is 0.450. The second-order valence-corrected chi connectivity index (χ2v) is 7.90. The zero-order chi connectivity index (χ0) is 19.3. The maximum atomic E-state index is 13.6. The number of rotatable bonds is 4. The van der Waals surface area contributed by atoms with Gasteiger partial charge in [0.2, 0.25) is 0 Å². The Hall–Kier alpha value is -2.90. The lowest BCUT2D eigenvalue weighted by molar-refractivity contribution is -0.152. The van der Waals surface area contributed by atoms with Gasteiger partial charge in [-0.15, -0.1) is 0 Å². The van der Waals surface area contributed by atoms with Crippen molar-refractivity contribution in [1.29, 1.82) is 0 Å². The number of carboxylic acids is 1. The van der Waals surface area contributed by atoms with Crippen molar-refractivity contribution in [2.45, 2.75) is 32.1 Å². The topological polar surface area (TPSA) is 105 Å². The largest absolute Gasteiger partial charge is 0.481 e. The van der Waals surface area contributed by atoms with E-state index in [-0.39, 0.29) is 17.8 Å². The minimum absolute atomic E-state index is 0.102. The number of aromatic amines is 1. The van der Waals surface area contributed by atoms with Crippen molar-refractivity contribution in [1.82, 2.24) is 25.1 Å². The average Bonchev–Trinajstić information content (AvgIpc) is 3.12. The number of aromatic nitrogens is 5. The van der Waals surface area contributed by atoms with Crippen molar-refractivity contribution in [2.24, 2.45) is 23.7 Å². The number of pyridine rings is 1. The van der Waals surface area contributed by atoms with Gasteiger partial charge in [0.1, 0.15) is 11.5 Å². The van der Waals surface area contributed by atoms with E-state index < -0.39 is 11.8 Å². The van der Waals surface area contributed by atoms with E-state index >= 15 is 0 Å². The highest BCUT2D eigenvalue weighted by Crippen LogP contribution is 2.50. The lowest BCUT2D eigenvalue weighted by atomic mass is 9.57.